The van der Waals surface area contributed by atoms with Crippen LogP contribution in [0.1, 0.15) is 41.0 Å². The van der Waals surface area contributed by atoms with Crippen molar-refractivity contribution in [1.29, 1.82) is 0 Å². The highest BCUT2D eigenvalue weighted by Crippen LogP contribution is 2.31. The molecular weight excluding hydrogens is 471 g/mol. The molecule has 2 unspecified atom stereocenters. The first kappa shape index (κ1) is 23.3. The van der Waals surface area contributed by atoms with E-state index < -0.39 is 17.3 Å². The number of hydrogen-bond acceptors (Lipinski definition) is 6. The van der Waals surface area contributed by atoms with Crippen molar-refractivity contribution in [1.82, 2.24) is 15.3 Å². The lowest BCUT2D eigenvalue weighted by atomic mass is 10.1. The number of carbonyl (C=O) groups excluding carboxylic acids is 2. The molecule has 2 amide bonds. The van der Waals surface area contributed by atoms with E-state index in [0.29, 0.717) is 28.0 Å². The maximum atomic E-state index is 13.3. The van der Waals surface area contributed by atoms with Crippen LogP contribution in [0.5, 0.6) is 0 Å². The second-order valence-corrected chi connectivity index (χ2v) is 9.35. The Bertz CT molecular complexity index is 1260. The fraction of sp³-hybridized carbons (Fsp3) is 0.364. The Morgan fingerprint density at radius 1 is 1.36 bits per heavy atom. The maximum absolute atomic E-state index is 13.3. The molecule has 0 aliphatic heterocycles. The van der Waals surface area contributed by atoms with Gasteiger partial charge in [-0.05, 0) is 48.3 Å². The number of aromatic amines is 1. The van der Waals surface area contributed by atoms with E-state index in [9.17, 15) is 18.8 Å². The molecule has 0 spiro atoms. The smallest absolute Gasteiger partial charge is 0.287 e. The highest BCUT2D eigenvalue weighted by molar-refractivity contribution is 7.16. The molecule has 0 saturated heterocycles. The number of hydrogen-bond donors (Lipinski definition) is 3. The van der Waals surface area contributed by atoms with Crippen molar-refractivity contribution in [2.24, 2.45) is 17.6 Å². The van der Waals surface area contributed by atoms with Crippen molar-refractivity contribution < 1.29 is 18.7 Å². The Morgan fingerprint density at radius 2 is 2.18 bits per heavy atom. The van der Waals surface area contributed by atoms with Crippen LogP contribution in [0.3, 0.4) is 0 Å². The van der Waals surface area contributed by atoms with Gasteiger partial charge in [-0.15, -0.1) is 11.3 Å². The third-order valence-corrected chi connectivity index (χ3v) is 6.94. The zero-order valence-electron chi connectivity index (χ0n) is 17.5. The highest BCUT2D eigenvalue weighted by atomic mass is 35.5. The summed E-state index contributed by atoms with van der Waals surface area (Å²) in [5.74, 6) is -1.30. The van der Waals surface area contributed by atoms with E-state index >= 15 is 0 Å². The molecule has 2 atom stereocenters. The lowest BCUT2D eigenvalue weighted by Gasteiger charge is -2.10. The van der Waals surface area contributed by atoms with Crippen LogP contribution < -0.4 is 16.6 Å². The van der Waals surface area contributed by atoms with Gasteiger partial charge in [0.1, 0.15) is 10.6 Å². The number of ether oxygens (including phenoxy) is 1. The maximum Gasteiger partial charge on any atom is 0.287 e. The largest absolute Gasteiger partial charge is 0.376 e. The zero-order chi connectivity index (χ0) is 23.5. The zero-order valence-corrected chi connectivity index (χ0v) is 19.1. The third-order valence-electron chi connectivity index (χ3n) is 5.73. The summed E-state index contributed by atoms with van der Waals surface area (Å²) in [6.07, 6.45) is 2.40. The fourth-order valence-electron chi connectivity index (χ4n) is 3.96. The number of nitrogens with two attached hydrogens (primary N) is 1. The molecule has 11 heteroatoms. The second kappa shape index (κ2) is 9.98. The van der Waals surface area contributed by atoms with Gasteiger partial charge in [0.05, 0.1) is 17.0 Å². The van der Waals surface area contributed by atoms with Crippen LogP contribution in [0.4, 0.5) is 4.39 Å². The van der Waals surface area contributed by atoms with Crippen LogP contribution in [0, 0.1) is 17.7 Å². The van der Waals surface area contributed by atoms with Gasteiger partial charge in [0.15, 0.2) is 0 Å². The van der Waals surface area contributed by atoms with Crippen LogP contribution in [0.15, 0.2) is 28.4 Å². The molecule has 1 aromatic carbocycles. The number of rotatable bonds is 8. The molecular formula is C22H22ClFN4O4S. The SMILES string of the molecule is NC(=O)C1CCC(COCc2csc3nc(C(=O)NCc4ccc(F)c(Cl)c4)[nH]c(=O)c23)C1. The number of amides is 2. The van der Waals surface area contributed by atoms with Crippen LogP contribution in [-0.4, -0.2) is 28.4 Å². The number of aromatic nitrogens is 2. The van der Waals surface area contributed by atoms with E-state index in [-0.39, 0.29) is 41.7 Å². The minimum absolute atomic E-state index is 0.0383. The number of carbonyl (C=O) groups is 2. The minimum Gasteiger partial charge on any atom is -0.376 e. The summed E-state index contributed by atoms with van der Waals surface area (Å²) in [5, 5.41) is 4.77. The Balaban J connectivity index is 1.38. The molecule has 1 fully saturated rings. The molecule has 174 valence electrons. The topological polar surface area (TPSA) is 127 Å². The van der Waals surface area contributed by atoms with E-state index in [0.717, 1.165) is 19.3 Å². The molecule has 2 heterocycles. The van der Waals surface area contributed by atoms with Crippen molar-refractivity contribution in [2.45, 2.75) is 32.4 Å². The number of H-pyrrole nitrogens is 1. The summed E-state index contributed by atoms with van der Waals surface area (Å²) < 4.78 is 19.1. The van der Waals surface area contributed by atoms with Crippen molar-refractivity contribution in [3.8, 4) is 0 Å². The van der Waals surface area contributed by atoms with Gasteiger partial charge in [0, 0.05) is 24.6 Å². The summed E-state index contributed by atoms with van der Waals surface area (Å²) in [7, 11) is 0. The molecule has 3 aromatic rings. The van der Waals surface area contributed by atoms with Gasteiger partial charge in [-0.3, -0.25) is 14.4 Å². The molecule has 33 heavy (non-hydrogen) atoms. The Hall–Kier alpha value is -2.82. The lowest BCUT2D eigenvalue weighted by Crippen LogP contribution is -2.27. The van der Waals surface area contributed by atoms with Gasteiger partial charge in [-0.2, -0.15) is 0 Å². The first-order chi connectivity index (χ1) is 15.8. The van der Waals surface area contributed by atoms with Gasteiger partial charge >= 0.3 is 0 Å². The second-order valence-electron chi connectivity index (χ2n) is 8.08. The van der Waals surface area contributed by atoms with E-state index in [1.807, 2.05) is 0 Å². The third kappa shape index (κ3) is 5.40. The summed E-state index contributed by atoms with van der Waals surface area (Å²) in [6, 6.07) is 4.14. The molecule has 0 radical (unpaired) electrons. The van der Waals surface area contributed by atoms with Crippen LogP contribution in [0.25, 0.3) is 10.2 Å². The summed E-state index contributed by atoms with van der Waals surface area (Å²) in [6.45, 7) is 0.821. The van der Waals surface area contributed by atoms with Crippen molar-refractivity contribution >= 4 is 45.0 Å². The highest BCUT2D eigenvalue weighted by Gasteiger charge is 2.28. The van der Waals surface area contributed by atoms with E-state index in [2.05, 4.69) is 15.3 Å². The number of thiophene rings is 1. The summed E-state index contributed by atoms with van der Waals surface area (Å²) >= 11 is 7.00. The average Bonchev–Trinajstić information content (AvgIpc) is 3.42. The first-order valence-electron chi connectivity index (χ1n) is 10.4. The van der Waals surface area contributed by atoms with Crippen LogP contribution in [0.2, 0.25) is 5.02 Å². The number of nitrogens with one attached hydrogen (secondary N) is 2. The van der Waals surface area contributed by atoms with Gasteiger partial charge in [-0.25, -0.2) is 9.37 Å². The standard InChI is InChI=1S/C22H22ClFN4O4S/c23-15-6-11(2-4-16(15)24)7-26-21(31)19-27-20(30)17-14(10-33-22(17)28-19)9-32-8-12-1-3-13(5-12)18(25)29/h2,4,6,10,12-13H,1,3,5,7-9H2,(H2,25,29)(H,26,31)(H,27,28,30). The Morgan fingerprint density at radius 3 is 2.91 bits per heavy atom. The van der Waals surface area contributed by atoms with Crippen LogP contribution >= 0.6 is 22.9 Å². The molecule has 4 N–H and O–H groups in total. The molecule has 2 aromatic heterocycles. The first-order valence-corrected chi connectivity index (χ1v) is 11.7. The number of halogens is 2. The van der Waals surface area contributed by atoms with Gasteiger partial charge in [0.2, 0.25) is 11.7 Å². The molecule has 0 bridgehead atoms. The van der Waals surface area contributed by atoms with Gasteiger partial charge in [-0.1, -0.05) is 17.7 Å². The summed E-state index contributed by atoms with van der Waals surface area (Å²) in [4.78, 5) is 43.6. The minimum atomic E-state index is -0.564. The fourth-order valence-corrected chi connectivity index (χ4v) is 5.09. The van der Waals surface area contributed by atoms with Crippen LogP contribution in [-0.2, 0) is 22.7 Å². The van der Waals surface area contributed by atoms with E-state index in [1.165, 1.54) is 29.5 Å². The molecule has 4 rings (SSSR count). The quantitative estimate of drug-likeness (QED) is 0.445. The molecule has 1 aliphatic rings. The van der Waals surface area contributed by atoms with Gasteiger partial charge < -0.3 is 20.8 Å². The number of primary amides is 1. The van der Waals surface area contributed by atoms with Gasteiger partial charge in [0.25, 0.3) is 11.5 Å². The monoisotopic (exact) mass is 492 g/mol. The predicted molar refractivity (Wildman–Crippen MR) is 123 cm³/mol. The average molecular weight is 493 g/mol. The molecule has 1 aliphatic carbocycles. The Kier molecular flexibility index (Phi) is 7.06. The molecule has 1 saturated carbocycles. The Labute approximate surface area is 197 Å². The van der Waals surface area contributed by atoms with E-state index in [1.54, 1.807) is 5.38 Å². The van der Waals surface area contributed by atoms with Crippen molar-refractivity contribution in [2.75, 3.05) is 6.61 Å². The van der Waals surface area contributed by atoms with E-state index in [4.69, 9.17) is 22.1 Å². The number of fused-ring (bicyclic) bond motifs is 1. The predicted octanol–water partition coefficient (Wildman–Crippen LogP) is 3.13. The summed E-state index contributed by atoms with van der Waals surface area (Å²) in [5.41, 5.74) is 6.25. The normalized spacial score (nSPS) is 18.0. The lowest BCUT2D eigenvalue weighted by molar-refractivity contribution is -0.121. The number of benzene rings is 1. The van der Waals surface area contributed by atoms with Crippen molar-refractivity contribution in [3.05, 3.63) is 61.7 Å². The van der Waals surface area contributed by atoms with Crippen molar-refractivity contribution in [3.63, 3.8) is 0 Å². The number of nitrogens with zero attached hydrogens (tertiary/aromatic N) is 1. The molecule has 8 nitrogen and oxygen atoms in total.